The smallest absolute Gasteiger partial charge is 0.123 e. The van der Waals surface area contributed by atoms with Crippen molar-refractivity contribution in [1.29, 1.82) is 0 Å². The molecule has 1 N–H and O–H groups in total. The van der Waals surface area contributed by atoms with Crippen LogP contribution in [-0.2, 0) is 14.9 Å². The van der Waals surface area contributed by atoms with Crippen LogP contribution in [0, 0.1) is 11.2 Å². The van der Waals surface area contributed by atoms with E-state index in [0.29, 0.717) is 32.2 Å². The first-order valence-corrected chi connectivity index (χ1v) is 6.28. The van der Waals surface area contributed by atoms with E-state index in [1.54, 1.807) is 13.2 Å². The number of aliphatic hydroxyl groups is 1. The molecule has 0 spiro atoms. The lowest BCUT2D eigenvalue weighted by Crippen LogP contribution is -2.68. The van der Waals surface area contributed by atoms with Crippen molar-refractivity contribution in [2.45, 2.75) is 5.41 Å². The molecule has 1 aromatic rings. The first-order valence-electron chi connectivity index (χ1n) is 6.28. The van der Waals surface area contributed by atoms with E-state index in [-0.39, 0.29) is 12.4 Å². The minimum absolute atomic E-state index is 0.00394. The fraction of sp³-hybridized carbons (Fsp3) is 0.571. The lowest BCUT2D eigenvalue weighted by Gasteiger charge is -2.58. The molecule has 2 fully saturated rings. The van der Waals surface area contributed by atoms with Gasteiger partial charge >= 0.3 is 0 Å². The van der Waals surface area contributed by atoms with Gasteiger partial charge in [0.25, 0.3) is 0 Å². The fourth-order valence-corrected chi connectivity index (χ4v) is 2.98. The highest BCUT2D eigenvalue weighted by Gasteiger charge is 2.61. The molecule has 2 aliphatic rings. The number of hydrogen-bond donors (Lipinski definition) is 1. The van der Waals surface area contributed by atoms with Gasteiger partial charge in [0.2, 0.25) is 0 Å². The van der Waals surface area contributed by atoms with Crippen molar-refractivity contribution in [3.63, 3.8) is 0 Å². The third-order valence-electron chi connectivity index (χ3n) is 4.45. The van der Waals surface area contributed by atoms with E-state index in [1.165, 1.54) is 12.1 Å². The van der Waals surface area contributed by atoms with Crippen molar-refractivity contribution < 1.29 is 23.7 Å². The van der Waals surface area contributed by atoms with Gasteiger partial charge < -0.3 is 19.3 Å². The van der Waals surface area contributed by atoms with Crippen molar-refractivity contribution in [1.82, 2.24) is 0 Å². The summed E-state index contributed by atoms with van der Waals surface area (Å²) >= 11 is 0. The van der Waals surface area contributed by atoms with Crippen LogP contribution in [0.25, 0.3) is 0 Å². The zero-order valence-corrected chi connectivity index (χ0v) is 10.8. The molecule has 2 aliphatic heterocycles. The minimum Gasteiger partial charge on any atom is -0.496 e. The van der Waals surface area contributed by atoms with Gasteiger partial charge in [-0.3, -0.25) is 0 Å². The second-order valence-corrected chi connectivity index (χ2v) is 5.35. The van der Waals surface area contributed by atoms with Crippen LogP contribution in [0.3, 0.4) is 0 Å². The average Bonchev–Trinajstić information content (AvgIpc) is 2.31. The van der Waals surface area contributed by atoms with Gasteiger partial charge in [0.05, 0.1) is 51.0 Å². The lowest BCUT2D eigenvalue weighted by atomic mass is 9.57. The van der Waals surface area contributed by atoms with E-state index in [9.17, 15) is 9.50 Å². The first-order chi connectivity index (χ1) is 9.17. The maximum Gasteiger partial charge on any atom is 0.123 e. The largest absolute Gasteiger partial charge is 0.496 e. The maximum atomic E-state index is 13.6. The number of rotatable bonds is 4. The van der Waals surface area contributed by atoms with Gasteiger partial charge in [-0.05, 0) is 18.2 Å². The molecule has 0 atom stereocenters. The monoisotopic (exact) mass is 268 g/mol. The summed E-state index contributed by atoms with van der Waals surface area (Å²) in [5.74, 6) is 0.319. The van der Waals surface area contributed by atoms with E-state index in [2.05, 4.69) is 0 Å². The van der Waals surface area contributed by atoms with Crippen LogP contribution in [0.4, 0.5) is 4.39 Å². The molecule has 0 amide bonds. The lowest BCUT2D eigenvalue weighted by molar-refractivity contribution is -0.242. The highest BCUT2D eigenvalue weighted by molar-refractivity contribution is 5.44. The second-order valence-electron chi connectivity index (χ2n) is 5.35. The Bertz CT molecular complexity index is 475. The molecule has 0 unspecified atom stereocenters. The van der Waals surface area contributed by atoms with Gasteiger partial charge in [0, 0.05) is 5.56 Å². The summed E-state index contributed by atoms with van der Waals surface area (Å²) < 4.78 is 29.6. The standard InChI is InChI=1S/C14H17FO4/c1-17-12-3-2-10(15)4-11(12)14(8-19-9-14)13(5-16)6-18-7-13/h2-4,16H,5-9H2,1H3. The molecule has 0 bridgehead atoms. The van der Waals surface area contributed by atoms with Gasteiger partial charge in [0.15, 0.2) is 0 Å². The van der Waals surface area contributed by atoms with E-state index in [1.807, 2.05) is 0 Å². The number of ether oxygens (including phenoxy) is 3. The van der Waals surface area contributed by atoms with Crippen LogP contribution in [-0.4, -0.2) is 45.3 Å². The molecule has 3 rings (SSSR count). The van der Waals surface area contributed by atoms with Crippen LogP contribution in [0.5, 0.6) is 5.75 Å². The Hall–Kier alpha value is -1.17. The second kappa shape index (κ2) is 4.44. The van der Waals surface area contributed by atoms with Crippen LogP contribution < -0.4 is 4.74 Å². The summed E-state index contributed by atoms with van der Waals surface area (Å²) in [7, 11) is 1.56. The zero-order valence-electron chi connectivity index (χ0n) is 10.8. The Morgan fingerprint density at radius 3 is 2.37 bits per heavy atom. The summed E-state index contributed by atoms with van der Waals surface area (Å²) in [5.41, 5.74) is -0.0571. The van der Waals surface area contributed by atoms with E-state index >= 15 is 0 Å². The minimum atomic E-state index is -0.423. The molecule has 0 radical (unpaired) electrons. The Labute approximate surface area is 111 Å². The molecule has 0 saturated carbocycles. The Kier molecular flexibility index (Phi) is 3.00. The maximum absolute atomic E-state index is 13.6. The summed E-state index contributed by atoms with van der Waals surface area (Å²) in [4.78, 5) is 0. The van der Waals surface area contributed by atoms with Crippen LogP contribution in [0.2, 0.25) is 0 Å². The van der Waals surface area contributed by atoms with Crippen molar-refractivity contribution >= 4 is 0 Å². The van der Waals surface area contributed by atoms with Crippen molar-refractivity contribution in [3.8, 4) is 5.75 Å². The van der Waals surface area contributed by atoms with Gasteiger partial charge in [-0.25, -0.2) is 4.39 Å². The quantitative estimate of drug-likeness (QED) is 0.888. The molecule has 19 heavy (non-hydrogen) atoms. The highest BCUT2D eigenvalue weighted by atomic mass is 19.1. The molecule has 0 aromatic heterocycles. The fourth-order valence-electron chi connectivity index (χ4n) is 2.98. The third-order valence-corrected chi connectivity index (χ3v) is 4.45. The molecule has 4 nitrogen and oxygen atoms in total. The number of methoxy groups -OCH3 is 1. The number of hydrogen-bond acceptors (Lipinski definition) is 4. The van der Waals surface area contributed by atoms with Gasteiger partial charge in [-0.15, -0.1) is 0 Å². The molecule has 1 aromatic carbocycles. The molecule has 2 saturated heterocycles. The predicted octanol–water partition coefficient (Wildman–Crippen LogP) is 1.11. The molecule has 0 aliphatic carbocycles. The van der Waals surface area contributed by atoms with Crippen LogP contribution >= 0.6 is 0 Å². The molecule has 104 valence electrons. The molecular formula is C14H17FO4. The van der Waals surface area contributed by atoms with E-state index in [0.717, 1.165) is 5.56 Å². The summed E-state index contributed by atoms with van der Waals surface area (Å²) in [6, 6.07) is 4.48. The number of benzene rings is 1. The Morgan fingerprint density at radius 1 is 1.26 bits per heavy atom. The van der Waals surface area contributed by atoms with Crippen molar-refractivity contribution in [3.05, 3.63) is 29.6 Å². The number of aliphatic hydroxyl groups excluding tert-OH is 1. The molecular weight excluding hydrogens is 251 g/mol. The van der Waals surface area contributed by atoms with Crippen molar-refractivity contribution in [2.75, 3.05) is 40.1 Å². The van der Waals surface area contributed by atoms with Crippen molar-refractivity contribution in [2.24, 2.45) is 5.41 Å². The third kappa shape index (κ3) is 1.62. The van der Waals surface area contributed by atoms with Gasteiger partial charge in [-0.2, -0.15) is 0 Å². The first kappa shape index (κ1) is 12.8. The predicted molar refractivity (Wildman–Crippen MR) is 65.8 cm³/mol. The van der Waals surface area contributed by atoms with Gasteiger partial charge in [-0.1, -0.05) is 0 Å². The Morgan fingerprint density at radius 2 is 1.95 bits per heavy atom. The molecule has 2 heterocycles. The van der Waals surface area contributed by atoms with E-state index in [4.69, 9.17) is 14.2 Å². The Balaban J connectivity index is 2.09. The highest BCUT2D eigenvalue weighted by Crippen LogP contribution is 2.53. The molecule has 5 heteroatoms. The zero-order chi connectivity index (χ0) is 13.5. The van der Waals surface area contributed by atoms with Gasteiger partial charge in [0.1, 0.15) is 11.6 Å². The van der Waals surface area contributed by atoms with E-state index < -0.39 is 10.8 Å². The summed E-state index contributed by atoms with van der Waals surface area (Å²) in [6.07, 6.45) is 0. The number of halogens is 1. The summed E-state index contributed by atoms with van der Waals surface area (Å²) in [6.45, 7) is 1.84. The van der Waals surface area contributed by atoms with Crippen LogP contribution in [0.15, 0.2) is 18.2 Å². The normalized spacial score (nSPS) is 23.3. The average molecular weight is 268 g/mol. The van der Waals surface area contributed by atoms with Crippen LogP contribution in [0.1, 0.15) is 5.56 Å². The topological polar surface area (TPSA) is 47.9 Å². The SMILES string of the molecule is COc1ccc(F)cc1C1(C2(CO)COC2)COC1. The summed E-state index contributed by atoms with van der Waals surface area (Å²) in [5, 5.41) is 9.76.